The molecule has 3 rings (SSSR count). The van der Waals surface area contributed by atoms with Crippen LogP contribution >= 0.6 is 0 Å². The number of nitrogens with one attached hydrogen (secondary N) is 2. The molecule has 1 unspecified atom stereocenters. The summed E-state index contributed by atoms with van der Waals surface area (Å²) in [6, 6.07) is 5.09. The van der Waals surface area contributed by atoms with E-state index in [9.17, 15) is 17.6 Å². The van der Waals surface area contributed by atoms with E-state index in [1.807, 2.05) is 13.0 Å². The molecule has 1 aliphatic rings. The molecule has 9 heteroatoms. The largest absolute Gasteiger partial charge is 0.419 e. The summed E-state index contributed by atoms with van der Waals surface area (Å²) in [7, 11) is 0. The first-order valence-corrected chi connectivity index (χ1v) is 9.80. The molecule has 0 amide bonds. The Balaban J connectivity index is 1.87. The zero-order valence-electron chi connectivity index (χ0n) is 16.5. The lowest BCUT2D eigenvalue weighted by Gasteiger charge is -2.20. The zero-order valence-corrected chi connectivity index (χ0v) is 16.5. The Kier molecular flexibility index (Phi) is 6.56. The minimum atomic E-state index is -4.77. The lowest BCUT2D eigenvalue weighted by atomic mass is 10.2. The van der Waals surface area contributed by atoms with E-state index in [-0.39, 0.29) is 11.6 Å². The van der Waals surface area contributed by atoms with E-state index in [2.05, 4.69) is 32.4 Å². The first-order chi connectivity index (χ1) is 13.8. The molecule has 2 aromatic rings. The third kappa shape index (κ3) is 5.35. The highest BCUT2D eigenvalue weighted by Crippen LogP contribution is 2.33. The van der Waals surface area contributed by atoms with Crippen LogP contribution < -0.4 is 15.5 Å². The molecule has 1 saturated heterocycles. The van der Waals surface area contributed by atoms with Gasteiger partial charge in [0.15, 0.2) is 0 Å². The summed E-state index contributed by atoms with van der Waals surface area (Å²) < 4.78 is 52.5. The minimum Gasteiger partial charge on any atom is -0.355 e. The molecule has 1 aromatic heterocycles. The molecule has 158 valence electrons. The summed E-state index contributed by atoms with van der Waals surface area (Å²) in [4.78, 5) is 11.1. The number of halogens is 4. The molecule has 5 nitrogen and oxygen atoms in total. The maximum absolute atomic E-state index is 13.5. The van der Waals surface area contributed by atoms with Crippen molar-refractivity contribution in [3.8, 4) is 0 Å². The van der Waals surface area contributed by atoms with Gasteiger partial charge in [-0.05, 0) is 37.6 Å². The van der Waals surface area contributed by atoms with Crippen molar-refractivity contribution in [2.24, 2.45) is 0 Å². The predicted molar refractivity (Wildman–Crippen MR) is 105 cm³/mol. The van der Waals surface area contributed by atoms with Crippen molar-refractivity contribution in [1.29, 1.82) is 0 Å². The first-order valence-electron chi connectivity index (χ1n) is 9.80. The molecule has 0 radical (unpaired) electrons. The van der Waals surface area contributed by atoms with Crippen LogP contribution in [0.1, 0.15) is 37.9 Å². The maximum Gasteiger partial charge on any atom is 0.419 e. The Bertz CT molecular complexity index is 840. The van der Waals surface area contributed by atoms with Gasteiger partial charge < -0.3 is 15.5 Å². The Morgan fingerprint density at radius 1 is 1.17 bits per heavy atom. The fourth-order valence-electron chi connectivity index (χ4n) is 3.46. The van der Waals surface area contributed by atoms with E-state index in [0.29, 0.717) is 6.04 Å². The number of aryl methyl sites for hydroxylation is 1. The van der Waals surface area contributed by atoms with Crippen LogP contribution in [-0.2, 0) is 12.6 Å². The second kappa shape index (κ2) is 8.94. The Labute approximate surface area is 167 Å². The summed E-state index contributed by atoms with van der Waals surface area (Å²) in [6.07, 6.45) is -2.16. The molecule has 1 atom stereocenters. The van der Waals surface area contributed by atoms with Crippen molar-refractivity contribution in [2.75, 3.05) is 29.9 Å². The first kappa shape index (κ1) is 21.3. The summed E-state index contributed by atoms with van der Waals surface area (Å²) in [5, 5.41) is 6.23. The Hall–Kier alpha value is -2.42. The van der Waals surface area contributed by atoms with Crippen molar-refractivity contribution in [1.82, 2.24) is 15.3 Å². The van der Waals surface area contributed by atoms with Crippen molar-refractivity contribution < 1.29 is 17.6 Å². The number of hydrogen-bond donors (Lipinski definition) is 2. The van der Waals surface area contributed by atoms with Gasteiger partial charge in [0, 0.05) is 36.6 Å². The minimum absolute atomic E-state index is 0.0882. The SMILES string of the molecule is CCCc1cc(N2CCC(NCC)C2)nc(Nc2ccc(F)c(C(F)(F)F)c2)n1. The topological polar surface area (TPSA) is 53.1 Å². The third-order valence-corrected chi connectivity index (χ3v) is 4.80. The number of rotatable bonds is 7. The summed E-state index contributed by atoms with van der Waals surface area (Å²) in [5.74, 6) is -0.363. The van der Waals surface area contributed by atoms with Crippen LogP contribution in [-0.4, -0.2) is 35.6 Å². The highest BCUT2D eigenvalue weighted by Gasteiger charge is 2.34. The number of anilines is 3. The standard InChI is InChI=1S/C20H25F4N5/c1-3-5-13-11-18(29-9-8-15(12-29)25-4-2)28-19(26-13)27-14-6-7-17(21)16(10-14)20(22,23)24/h6-7,10-11,15,25H,3-5,8-9,12H2,1-2H3,(H,26,27,28). The number of alkyl halides is 3. The van der Waals surface area contributed by atoms with Crippen molar-refractivity contribution in [2.45, 2.75) is 45.3 Å². The van der Waals surface area contributed by atoms with Gasteiger partial charge >= 0.3 is 6.18 Å². The molecule has 2 N–H and O–H groups in total. The van der Waals surface area contributed by atoms with Gasteiger partial charge in [-0.15, -0.1) is 0 Å². The van der Waals surface area contributed by atoms with E-state index >= 15 is 0 Å². The Morgan fingerprint density at radius 2 is 1.97 bits per heavy atom. The van der Waals surface area contributed by atoms with E-state index in [1.165, 1.54) is 6.07 Å². The van der Waals surface area contributed by atoms with Gasteiger partial charge in [0.1, 0.15) is 11.6 Å². The average Bonchev–Trinajstić information content (AvgIpc) is 3.12. The number of benzene rings is 1. The zero-order chi connectivity index (χ0) is 21.0. The Morgan fingerprint density at radius 3 is 2.66 bits per heavy atom. The molecular formula is C20H25F4N5. The molecule has 2 heterocycles. The van der Waals surface area contributed by atoms with Gasteiger partial charge in [-0.1, -0.05) is 20.3 Å². The highest BCUT2D eigenvalue weighted by atomic mass is 19.4. The van der Waals surface area contributed by atoms with E-state index in [0.717, 1.165) is 62.5 Å². The number of aromatic nitrogens is 2. The van der Waals surface area contributed by atoms with Crippen LogP contribution in [0.2, 0.25) is 0 Å². The normalized spacial score (nSPS) is 17.0. The van der Waals surface area contributed by atoms with Gasteiger partial charge in [0.05, 0.1) is 5.56 Å². The van der Waals surface area contributed by atoms with Gasteiger partial charge in [-0.2, -0.15) is 18.2 Å². The molecule has 0 aliphatic carbocycles. The molecule has 1 aromatic carbocycles. The molecule has 0 spiro atoms. The van der Waals surface area contributed by atoms with Gasteiger partial charge in [0.25, 0.3) is 0 Å². The van der Waals surface area contributed by atoms with Gasteiger partial charge in [-0.25, -0.2) is 9.37 Å². The number of nitrogens with zero attached hydrogens (tertiary/aromatic N) is 3. The predicted octanol–water partition coefficient (Wildman–Crippen LogP) is 4.52. The quantitative estimate of drug-likeness (QED) is 0.657. The summed E-state index contributed by atoms with van der Waals surface area (Å²) in [6.45, 7) is 6.63. The third-order valence-electron chi connectivity index (χ3n) is 4.80. The monoisotopic (exact) mass is 411 g/mol. The van der Waals surface area contributed by atoms with E-state index in [4.69, 9.17) is 0 Å². The van der Waals surface area contributed by atoms with Crippen LogP contribution in [0.15, 0.2) is 24.3 Å². The van der Waals surface area contributed by atoms with Crippen LogP contribution in [0.25, 0.3) is 0 Å². The fourth-order valence-corrected chi connectivity index (χ4v) is 3.46. The lowest BCUT2D eigenvalue weighted by Crippen LogP contribution is -2.32. The van der Waals surface area contributed by atoms with Crippen LogP contribution in [0.3, 0.4) is 0 Å². The maximum atomic E-state index is 13.5. The van der Waals surface area contributed by atoms with E-state index < -0.39 is 17.6 Å². The molecule has 1 aliphatic heterocycles. The summed E-state index contributed by atoms with van der Waals surface area (Å²) in [5.41, 5.74) is -0.421. The average molecular weight is 411 g/mol. The molecular weight excluding hydrogens is 386 g/mol. The smallest absolute Gasteiger partial charge is 0.355 e. The second-order valence-electron chi connectivity index (χ2n) is 7.10. The van der Waals surface area contributed by atoms with Crippen molar-refractivity contribution >= 4 is 17.5 Å². The fraction of sp³-hybridized carbons (Fsp3) is 0.500. The number of likely N-dealkylation sites (N-methyl/N-ethyl adjacent to an activating group) is 1. The van der Waals surface area contributed by atoms with Crippen molar-refractivity contribution in [3.63, 3.8) is 0 Å². The highest BCUT2D eigenvalue weighted by molar-refractivity contribution is 5.57. The summed E-state index contributed by atoms with van der Waals surface area (Å²) >= 11 is 0. The molecule has 0 saturated carbocycles. The molecule has 0 bridgehead atoms. The van der Waals surface area contributed by atoms with Crippen molar-refractivity contribution in [3.05, 3.63) is 41.3 Å². The van der Waals surface area contributed by atoms with Crippen LogP contribution in [0, 0.1) is 5.82 Å². The van der Waals surface area contributed by atoms with Crippen LogP contribution in [0.5, 0.6) is 0 Å². The van der Waals surface area contributed by atoms with Gasteiger partial charge in [0.2, 0.25) is 5.95 Å². The van der Waals surface area contributed by atoms with E-state index in [1.54, 1.807) is 0 Å². The van der Waals surface area contributed by atoms with Crippen LogP contribution in [0.4, 0.5) is 35.0 Å². The van der Waals surface area contributed by atoms with Gasteiger partial charge in [-0.3, -0.25) is 0 Å². The second-order valence-corrected chi connectivity index (χ2v) is 7.10. The molecule has 1 fully saturated rings. The molecule has 29 heavy (non-hydrogen) atoms. The lowest BCUT2D eigenvalue weighted by molar-refractivity contribution is -0.139. The number of hydrogen-bond acceptors (Lipinski definition) is 5.